The van der Waals surface area contributed by atoms with E-state index in [1.165, 1.54) is 0 Å². The number of likely N-dealkylation sites (tertiary alicyclic amines) is 1. The molecule has 1 aromatic rings. The van der Waals surface area contributed by atoms with Crippen molar-refractivity contribution in [3.63, 3.8) is 0 Å². The van der Waals surface area contributed by atoms with Crippen molar-refractivity contribution in [3.8, 4) is 5.75 Å². The fraction of sp³-hybridized carbons (Fsp3) is 0.500. The van der Waals surface area contributed by atoms with Gasteiger partial charge in [0.2, 0.25) is 0 Å². The van der Waals surface area contributed by atoms with E-state index in [9.17, 15) is 4.79 Å². The van der Waals surface area contributed by atoms with Gasteiger partial charge in [-0.3, -0.25) is 0 Å². The average Bonchev–Trinajstić information content (AvgIpc) is 2.42. The van der Waals surface area contributed by atoms with E-state index < -0.39 is 5.60 Å². The molecule has 1 N–H and O–H groups in total. The van der Waals surface area contributed by atoms with E-state index in [1.54, 1.807) is 11.0 Å². The molecule has 2 rings (SSSR count). The minimum Gasteiger partial charge on any atom is -0.489 e. The lowest BCUT2D eigenvalue weighted by molar-refractivity contribution is 0.00516. The Balaban J connectivity index is 1.77. The van der Waals surface area contributed by atoms with Gasteiger partial charge in [0, 0.05) is 31.2 Å². The molecule has 5 nitrogen and oxygen atoms in total. The number of carbonyl (C=O) groups excluding carboxylic acids is 1. The maximum Gasteiger partial charge on any atom is 0.410 e. The molecule has 23 heavy (non-hydrogen) atoms. The Morgan fingerprint density at radius 2 is 2.09 bits per heavy atom. The summed E-state index contributed by atoms with van der Waals surface area (Å²) in [6.45, 7) is 11.8. The SMILES string of the molecule is C=CCOc1ccccc1CNC1CN(C(=O)OC(C)(C)C)C1. The van der Waals surface area contributed by atoms with Crippen LogP contribution in [0.3, 0.4) is 0 Å². The molecular weight excluding hydrogens is 292 g/mol. The van der Waals surface area contributed by atoms with E-state index >= 15 is 0 Å². The van der Waals surface area contributed by atoms with Crippen molar-refractivity contribution in [1.82, 2.24) is 10.2 Å². The zero-order valence-corrected chi connectivity index (χ0v) is 14.2. The van der Waals surface area contributed by atoms with Gasteiger partial charge in [-0.1, -0.05) is 30.9 Å². The highest BCUT2D eigenvalue weighted by atomic mass is 16.6. The van der Waals surface area contributed by atoms with Crippen LogP contribution >= 0.6 is 0 Å². The highest BCUT2D eigenvalue weighted by molar-refractivity contribution is 5.69. The Hall–Kier alpha value is -2.01. The van der Waals surface area contributed by atoms with Crippen molar-refractivity contribution in [2.24, 2.45) is 0 Å². The van der Waals surface area contributed by atoms with Gasteiger partial charge in [-0.2, -0.15) is 0 Å². The lowest BCUT2D eigenvalue weighted by Crippen LogP contribution is -2.60. The zero-order chi connectivity index (χ0) is 16.9. The van der Waals surface area contributed by atoms with Crippen LogP contribution in [0.2, 0.25) is 0 Å². The van der Waals surface area contributed by atoms with Gasteiger partial charge in [0.05, 0.1) is 0 Å². The Kier molecular flexibility index (Phi) is 5.66. The molecule has 0 unspecified atom stereocenters. The van der Waals surface area contributed by atoms with Crippen LogP contribution < -0.4 is 10.1 Å². The maximum atomic E-state index is 11.9. The summed E-state index contributed by atoms with van der Waals surface area (Å²) in [4.78, 5) is 13.6. The summed E-state index contributed by atoms with van der Waals surface area (Å²) in [5.41, 5.74) is 0.655. The van der Waals surface area contributed by atoms with E-state index in [0.29, 0.717) is 26.2 Å². The van der Waals surface area contributed by atoms with Gasteiger partial charge in [0.1, 0.15) is 18.0 Å². The Morgan fingerprint density at radius 3 is 2.74 bits per heavy atom. The molecule has 0 spiro atoms. The molecule has 5 heteroatoms. The van der Waals surface area contributed by atoms with E-state index in [4.69, 9.17) is 9.47 Å². The fourth-order valence-corrected chi connectivity index (χ4v) is 2.28. The summed E-state index contributed by atoms with van der Waals surface area (Å²) in [7, 11) is 0. The molecule has 126 valence electrons. The number of nitrogens with zero attached hydrogens (tertiary/aromatic N) is 1. The monoisotopic (exact) mass is 318 g/mol. The van der Waals surface area contributed by atoms with E-state index in [1.807, 2.05) is 45.0 Å². The minimum absolute atomic E-state index is 0.245. The molecule has 1 aromatic carbocycles. The summed E-state index contributed by atoms with van der Waals surface area (Å²) >= 11 is 0. The van der Waals surface area contributed by atoms with Crippen LogP contribution in [0.15, 0.2) is 36.9 Å². The minimum atomic E-state index is -0.447. The van der Waals surface area contributed by atoms with Crippen molar-refractivity contribution in [2.45, 2.75) is 39.0 Å². The number of rotatable bonds is 6. The lowest BCUT2D eigenvalue weighted by Gasteiger charge is -2.40. The fourth-order valence-electron chi connectivity index (χ4n) is 2.28. The van der Waals surface area contributed by atoms with Crippen LogP contribution in [-0.2, 0) is 11.3 Å². The number of nitrogens with one attached hydrogen (secondary N) is 1. The molecule has 1 amide bonds. The highest BCUT2D eigenvalue weighted by Gasteiger charge is 2.33. The van der Waals surface area contributed by atoms with Crippen molar-refractivity contribution in [3.05, 3.63) is 42.5 Å². The molecule has 0 saturated carbocycles. The summed E-state index contributed by atoms with van der Waals surface area (Å²) in [5, 5.41) is 3.44. The highest BCUT2D eigenvalue weighted by Crippen LogP contribution is 2.19. The molecule has 0 bridgehead atoms. The zero-order valence-electron chi connectivity index (χ0n) is 14.2. The summed E-state index contributed by atoms with van der Waals surface area (Å²) in [5.74, 6) is 0.864. The third-order valence-electron chi connectivity index (χ3n) is 3.44. The second kappa shape index (κ2) is 7.51. The van der Waals surface area contributed by atoms with Gasteiger partial charge in [0.25, 0.3) is 0 Å². The third-order valence-corrected chi connectivity index (χ3v) is 3.44. The topological polar surface area (TPSA) is 50.8 Å². The first kappa shape index (κ1) is 17.3. The van der Waals surface area contributed by atoms with Crippen LogP contribution in [0.4, 0.5) is 4.79 Å². The van der Waals surface area contributed by atoms with Crippen LogP contribution in [0.5, 0.6) is 5.75 Å². The van der Waals surface area contributed by atoms with Gasteiger partial charge in [0.15, 0.2) is 0 Å². The number of para-hydroxylation sites is 1. The van der Waals surface area contributed by atoms with Gasteiger partial charge < -0.3 is 19.7 Å². The molecule has 0 radical (unpaired) electrons. The first-order chi connectivity index (χ1) is 10.9. The molecule has 1 saturated heterocycles. The van der Waals surface area contributed by atoms with Gasteiger partial charge in [-0.15, -0.1) is 0 Å². The predicted molar refractivity (Wildman–Crippen MR) is 90.6 cm³/mol. The number of carbonyl (C=O) groups is 1. The molecular formula is C18H26N2O3. The van der Waals surface area contributed by atoms with Crippen LogP contribution in [0.1, 0.15) is 26.3 Å². The maximum absolute atomic E-state index is 11.9. The van der Waals surface area contributed by atoms with Crippen LogP contribution in [-0.4, -0.2) is 42.3 Å². The van der Waals surface area contributed by atoms with Gasteiger partial charge in [-0.25, -0.2) is 4.79 Å². The first-order valence-electron chi connectivity index (χ1n) is 7.92. The molecule has 1 aliphatic rings. The van der Waals surface area contributed by atoms with Crippen molar-refractivity contribution in [2.75, 3.05) is 19.7 Å². The van der Waals surface area contributed by atoms with Crippen molar-refractivity contribution >= 4 is 6.09 Å². The standard InChI is InChI=1S/C18H26N2O3/c1-5-10-22-16-9-7-6-8-14(16)11-19-15-12-20(13-15)17(21)23-18(2,3)4/h5-9,15,19H,1,10-13H2,2-4H3. The average molecular weight is 318 g/mol. The quantitative estimate of drug-likeness (QED) is 0.819. The van der Waals surface area contributed by atoms with Crippen molar-refractivity contribution < 1.29 is 14.3 Å². The summed E-state index contributed by atoms with van der Waals surface area (Å²) in [6.07, 6.45) is 1.49. The molecule has 1 heterocycles. The molecule has 0 aliphatic carbocycles. The molecule has 0 atom stereocenters. The first-order valence-corrected chi connectivity index (χ1v) is 7.92. The Labute approximate surface area is 138 Å². The smallest absolute Gasteiger partial charge is 0.410 e. The van der Waals surface area contributed by atoms with Crippen LogP contribution in [0, 0.1) is 0 Å². The molecule has 1 fully saturated rings. The number of amides is 1. The van der Waals surface area contributed by atoms with E-state index in [-0.39, 0.29) is 12.1 Å². The Bertz CT molecular complexity index is 545. The summed E-state index contributed by atoms with van der Waals surface area (Å²) < 4.78 is 11.0. The number of benzene rings is 1. The predicted octanol–water partition coefficient (Wildman–Crippen LogP) is 2.96. The van der Waals surface area contributed by atoms with E-state index in [2.05, 4.69) is 11.9 Å². The van der Waals surface area contributed by atoms with Gasteiger partial charge >= 0.3 is 6.09 Å². The normalized spacial score (nSPS) is 15.0. The number of hydrogen-bond acceptors (Lipinski definition) is 4. The van der Waals surface area contributed by atoms with Crippen molar-refractivity contribution in [1.29, 1.82) is 0 Å². The lowest BCUT2D eigenvalue weighted by atomic mass is 10.1. The second-order valence-corrected chi connectivity index (χ2v) is 6.67. The number of hydrogen-bond donors (Lipinski definition) is 1. The number of ether oxygens (including phenoxy) is 2. The summed E-state index contributed by atoms with van der Waals surface area (Å²) in [6, 6.07) is 8.22. The van der Waals surface area contributed by atoms with Crippen LogP contribution in [0.25, 0.3) is 0 Å². The Morgan fingerprint density at radius 1 is 1.39 bits per heavy atom. The molecule has 0 aromatic heterocycles. The second-order valence-electron chi connectivity index (χ2n) is 6.67. The molecule has 1 aliphatic heterocycles. The van der Waals surface area contributed by atoms with Gasteiger partial charge in [-0.05, 0) is 26.8 Å². The third kappa shape index (κ3) is 5.28. The van der Waals surface area contributed by atoms with E-state index in [0.717, 1.165) is 11.3 Å². The largest absolute Gasteiger partial charge is 0.489 e.